The third-order valence-corrected chi connectivity index (χ3v) is 6.25. The Morgan fingerprint density at radius 2 is 1.85 bits per heavy atom. The van der Waals surface area contributed by atoms with Gasteiger partial charge in [-0.2, -0.15) is 0 Å². The van der Waals surface area contributed by atoms with Gasteiger partial charge in [0, 0.05) is 24.4 Å². The third kappa shape index (κ3) is 3.26. The fourth-order valence-electron chi connectivity index (χ4n) is 4.48. The predicted octanol–water partition coefficient (Wildman–Crippen LogP) is 2.96. The Kier molecular flexibility index (Phi) is 4.92. The maximum atomic E-state index is 14.6. The summed E-state index contributed by atoms with van der Waals surface area (Å²) in [4.78, 5) is 27.0. The van der Waals surface area contributed by atoms with Crippen LogP contribution in [0.2, 0.25) is 0 Å². The first-order chi connectivity index (χ1) is 15.9. The fourth-order valence-corrected chi connectivity index (χ4v) is 4.48. The molecule has 33 heavy (non-hydrogen) atoms. The average molecular weight is 447 g/mol. The molecule has 5 rings (SSSR count). The highest BCUT2D eigenvalue weighted by Crippen LogP contribution is 2.42. The molecule has 1 aromatic heterocycles. The summed E-state index contributed by atoms with van der Waals surface area (Å²) in [6.45, 7) is 2.51. The number of benzene rings is 2. The number of carbonyl (C=O) groups excluding carboxylic acids is 1. The molecule has 2 aliphatic heterocycles. The Bertz CT molecular complexity index is 1320. The second-order valence-corrected chi connectivity index (χ2v) is 8.15. The molecule has 1 atom stereocenters. The molecule has 0 fully saturated rings. The van der Waals surface area contributed by atoms with Crippen molar-refractivity contribution < 1.29 is 19.0 Å². The van der Waals surface area contributed by atoms with Crippen LogP contribution >= 0.6 is 0 Å². The third-order valence-electron chi connectivity index (χ3n) is 6.25. The maximum absolute atomic E-state index is 14.6. The number of hydrogen-bond donors (Lipinski definition) is 1. The molecule has 3 aromatic rings. The number of fused-ring (bicyclic) bond motifs is 5. The molecule has 0 saturated carbocycles. The van der Waals surface area contributed by atoms with E-state index in [0.29, 0.717) is 11.3 Å². The highest BCUT2D eigenvalue weighted by Gasteiger charge is 2.44. The topological polar surface area (TPSA) is 75.0 Å². The predicted molar refractivity (Wildman–Crippen MR) is 120 cm³/mol. The van der Waals surface area contributed by atoms with Crippen LogP contribution in [0.3, 0.4) is 0 Å². The average Bonchev–Trinajstić information content (AvgIpc) is 2.84. The number of ether oxygens (including phenoxy) is 1. The molecule has 0 saturated heterocycles. The van der Waals surface area contributed by atoms with E-state index < -0.39 is 28.4 Å². The van der Waals surface area contributed by atoms with Gasteiger partial charge in [0.1, 0.15) is 30.4 Å². The lowest BCUT2D eigenvalue weighted by molar-refractivity contribution is 0.0685. The lowest BCUT2D eigenvalue weighted by atomic mass is 9.83. The highest BCUT2D eigenvalue weighted by molar-refractivity contribution is 5.96. The van der Waals surface area contributed by atoms with E-state index in [1.807, 2.05) is 42.3 Å². The van der Waals surface area contributed by atoms with Crippen LogP contribution in [0.5, 0.6) is 11.5 Å². The van der Waals surface area contributed by atoms with Crippen LogP contribution in [-0.2, 0) is 5.54 Å². The second kappa shape index (κ2) is 7.81. The summed E-state index contributed by atoms with van der Waals surface area (Å²) in [5.41, 5.74) is -0.471. The van der Waals surface area contributed by atoms with E-state index in [1.54, 1.807) is 18.2 Å². The minimum atomic E-state index is -1.04. The van der Waals surface area contributed by atoms with Gasteiger partial charge in [-0.05, 0) is 36.8 Å². The van der Waals surface area contributed by atoms with E-state index in [9.17, 15) is 19.1 Å². The van der Waals surface area contributed by atoms with Crippen LogP contribution in [0.15, 0.2) is 77.7 Å². The quantitative estimate of drug-likeness (QED) is 0.581. The Morgan fingerprint density at radius 3 is 2.64 bits per heavy atom. The van der Waals surface area contributed by atoms with Crippen LogP contribution in [0.25, 0.3) is 0 Å². The van der Waals surface area contributed by atoms with Crippen molar-refractivity contribution in [1.82, 2.24) is 9.58 Å². The summed E-state index contributed by atoms with van der Waals surface area (Å²) < 4.78 is 22.1. The van der Waals surface area contributed by atoms with Gasteiger partial charge in [-0.3, -0.25) is 19.3 Å². The molecular weight excluding hydrogens is 425 g/mol. The number of rotatable bonds is 1. The summed E-state index contributed by atoms with van der Waals surface area (Å²) in [6.07, 6.45) is 5.03. The summed E-state index contributed by atoms with van der Waals surface area (Å²) >= 11 is 0. The van der Waals surface area contributed by atoms with Gasteiger partial charge in [0.2, 0.25) is 5.43 Å². The molecule has 1 N–H and O–H groups in total. The lowest BCUT2D eigenvalue weighted by Crippen LogP contribution is -2.61. The van der Waals surface area contributed by atoms with Crippen LogP contribution in [0.4, 0.5) is 4.39 Å². The zero-order valence-electron chi connectivity index (χ0n) is 17.9. The molecule has 0 radical (unpaired) electrons. The Balaban J connectivity index is 1.87. The number of halogens is 1. The van der Waals surface area contributed by atoms with E-state index >= 15 is 0 Å². The summed E-state index contributed by atoms with van der Waals surface area (Å²) in [5, 5.41) is 12.4. The van der Waals surface area contributed by atoms with E-state index in [1.165, 1.54) is 34.0 Å². The molecule has 0 unspecified atom stereocenters. The van der Waals surface area contributed by atoms with E-state index in [0.717, 1.165) is 5.56 Å². The van der Waals surface area contributed by atoms with Crippen molar-refractivity contribution in [3.63, 3.8) is 0 Å². The van der Waals surface area contributed by atoms with Crippen LogP contribution in [0.1, 0.15) is 28.5 Å². The molecule has 1 amide bonds. The fraction of sp³-hybridized carbons (Fsp3) is 0.200. The van der Waals surface area contributed by atoms with Gasteiger partial charge in [-0.25, -0.2) is 4.39 Å². The first-order valence-electron chi connectivity index (χ1n) is 10.6. The monoisotopic (exact) mass is 447 g/mol. The van der Waals surface area contributed by atoms with Crippen LogP contribution in [0, 0.1) is 5.82 Å². The Hall–Kier alpha value is -4.07. The number of aromatic nitrogens is 1. The SMILES string of the molecule is C[C@@]1(c2ccccc2)c2cc(F)ccc2OC/C=C\CN2CN1n1ccc(=O)c(O)c1C2=O. The van der Waals surface area contributed by atoms with Crippen LogP contribution < -0.4 is 15.2 Å². The molecule has 2 aromatic carbocycles. The summed E-state index contributed by atoms with van der Waals surface area (Å²) in [5.74, 6) is -1.04. The second-order valence-electron chi connectivity index (χ2n) is 8.15. The van der Waals surface area contributed by atoms with Gasteiger partial charge in [-0.15, -0.1) is 0 Å². The van der Waals surface area contributed by atoms with Crippen molar-refractivity contribution in [2.24, 2.45) is 0 Å². The number of amides is 1. The molecule has 2 aliphatic rings. The Labute approximate surface area is 189 Å². The molecule has 3 heterocycles. The summed E-state index contributed by atoms with van der Waals surface area (Å²) in [7, 11) is 0. The minimum absolute atomic E-state index is 0.125. The molecular formula is C25H22FN3O4. The van der Waals surface area contributed by atoms with Gasteiger partial charge < -0.3 is 14.7 Å². The van der Waals surface area contributed by atoms with E-state index in [-0.39, 0.29) is 25.5 Å². The normalized spacial score (nSPS) is 20.8. The molecule has 168 valence electrons. The standard InChI is InChI=1S/C25H22FN3O4/c1-25(17-7-3-2-4-8-17)19-15-18(26)9-10-21(19)33-14-6-5-12-27-16-29(25)28-13-11-20(30)23(31)22(28)24(27)32/h2-11,13,15,31H,12,14,16H2,1H3/b6-5-/t25-/m1/s1. The van der Waals surface area contributed by atoms with Crippen molar-refractivity contribution in [3.05, 3.63) is 106 Å². The van der Waals surface area contributed by atoms with Crippen molar-refractivity contribution in [1.29, 1.82) is 0 Å². The van der Waals surface area contributed by atoms with E-state index in [4.69, 9.17) is 4.74 Å². The van der Waals surface area contributed by atoms with Gasteiger partial charge in [0.25, 0.3) is 5.91 Å². The number of carbonyl (C=O) groups is 1. The summed E-state index contributed by atoms with van der Waals surface area (Å²) in [6, 6.07) is 15.0. The number of hydrogen-bond acceptors (Lipinski definition) is 5. The maximum Gasteiger partial charge on any atom is 0.278 e. The van der Waals surface area contributed by atoms with Gasteiger partial charge in [0.15, 0.2) is 11.4 Å². The van der Waals surface area contributed by atoms with Crippen molar-refractivity contribution >= 4 is 5.91 Å². The molecule has 8 heteroatoms. The van der Waals surface area contributed by atoms with Crippen molar-refractivity contribution in [2.75, 3.05) is 24.8 Å². The van der Waals surface area contributed by atoms with Gasteiger partial charge in [-0.1, -0.05) is 36.4 Å². The lowest BCUT2D eigenvalue weighted by Gasteiger charge is -2.49. The zero-order valence-corrected chi connectivity index (χ0v) is 17.9. The zero-order chi connectivity index (χ0) is 23.2. The van der Waals surface area contributed by atoms with E-state index in [2.05, 4.69) is 0 Å². The van der Waals surface area contributed by atoms with Crippen molar-refractivity contribution in [3.8, 4) is 11.5 Å². The first kappa shape index (κ1) is 20.8. The Morgan fingerprint density at radius 1 is 1.06 bits per heavy atom. The van der Waals surface area contributed by atoms with Gasteiger partial charge >= 0.3 is 0 Å². The number of pyridine rings is 1. The first-order valence-corrected chi connectivity index (χ1v) is 10.6. The van der Waals surface area contributed by atoms with Crippen molar-refractivity contribution in [2.45, 2.75) is 12.5 Å². The molecule has 7 nitrogen and oxygen atoms in total. The van der Waals surface area contributed by atoms with Crippen LogP contribution in [-0.4, -0.2) is 40.4 Å². The number of aromatic hydroxyl groups is 1. The highest BCUT2D eigenvalue weighted by atomic mass is 19.1. The number of nitrogens with zero attached hydrogens (tertiary/aromatic N) is 3. The molecule has 0 spiro atoms. The minimum Gasteiger partial charge on any atom is -0.502 e. The largest absolute Gasteiger partial charge is 0.502 e. The van der Waals surface area contributed by atoms with Gasteiger partial charge in [0.05, 0.1) is 0 Å². The molecule has 0 aliphatic carbocycles. The molecule has 2 bridgehead atoms. The smallest absolute Gasteiger partial charge is 0.278 e.